The van der Waals surface area contributed by atoms with Crippen LogP contribution in [-0.4, -0.2) is 33.8 Å². The molecule has 6 heteroatoms. The predicted molar refractivity (Wildman–Crippen MR) is 80.1 cm³/mol. The third kappa shape index (κ3) is 7.19. The Morgan fingerprint density at radius 2 is 1.75 bits per heavy atom. The van der Waals surface area contributed by atoms with Gasteiger partial charge >= 0.3 is 14.8 Å². The van der Waals surface area contributed by atoms with Gasteiger partial charge in [0.25, 0.3) is 0 Å². The molecule has 0 bridgehead atoms. The average Bonchev–Trinajstić information content (AvgIpc) is 2.26. The minimum atomic E-state index is -2.89. The van der Waals surface area contributed by atoms with Gasteiger partial charge in [0.2, 0.25) is 5.79 Å². The van der Waals surface area contributed by atoms with Crippen LogP contribution in [-0.2, 0) is 22.8 Å². The van der Waals surface area contributed by atoms with Crippen molar-refractivity contribution in [3.05, 3.63) is 12.7 Å². The molecule has 0 spiro atoms. The van der Waals surface area contributed by atoms with E-state index in [0.717, 1.165) is 6.08 Å². The zero-order valence-electron chi connectivity index (χ0n) is 13.5. The van der Waals surface area contributed by atoms with Crippen LogP contribution in [0.15, 0.2) is 12.7 Å². The maximum atomic E-state index is 11.4. The lowest BCUT2D eigenvalue weighted by Gasteiger charge is -2.37. The molecular weight excluding hydrogens is 276 g/mol. The Morgan fingerprint density at radius 3 is 2.10 bits per heavy atom. The fourth-order valence-corrected chi connectivity index (χ4v) is 5.07. The first-order chi connectivity index (χ1) is 9.20. The molecular formula is C14H28O5Si. The summed E-state index contributed by atoms with van der Waals surface area (Å²) in [6, 6.07) is 0.670. The second kappa shape index (κ2) is 8.56. The van der Waals surface area contributed by atoms with Crippen LogP contribution < -0.4 is 0 Å². The third-order valence-electron chi connectivity index (χ3n) is 2.30. The predicted octanol–water partition coefficient (Wildman–Crippen LogP) is 3.14. The first-order valence-electron chi connectivity index (χ1n) is 7.03. The molecule has 0 unspecified atom stereocenters. The first-order valence-corrected chi connectivity index (χ1v) is 8.97. The number of carbonyl (C=O) groups excluding carboxylic acids is 1. The second-order valence-corrected chi connectivity index (χ2v) is 7.83. The maximum absolute atomic E-state index is 11.4. The molecule has 0 rings (SSSR count). The summed E-state index contributed by atoms with van der Waals surface area (Å²) in [5.74, 6) is -1.29. The largest absolute Gasteiger partial charge is 0.504 e. The minimum absolute atomic E-state index is 0.352. The highest BCUT2D eigenvalue weighted by Gasteiger charge is 2.47. The molecule has 0 aliphatic heterocycles. The highest BCUT2D eigenvalue weighted by molar-refractivity contribution is 6.60. The zero-order chi connectivity index (χ0) is 15.8. The number of hydrogen-bond donors (Lipinski definition) is 0. The zero-order valence-corrected chi connectivity index (χ0v) is 14.5. The summed E-state index contributed by atoms with van der Waals surface area (Å²) >= 11 is 0. The molecule has 0 aliphatic carbocycles. The van der Waals surface area contributed by atoms with Crippen molar-refractivity contribution >= 4 is 14.8 Å². The molecule has 0 saturated heterocycles. The van der Waals surface area contributed by atoms with Crippen molar-refractivity contribution in [3.8, 4) is 0 Å². The summed E-state index contributed by atoms with van der Waals surface area (Å²) in [6.07, 6.45) is 1.11. The maximum Gasteiger partial charge on any atom is 0.504 e. The quantitative estimate of drug-likeness (QED) is 0.269. The lowest BCUT2D eigenvalue weighted by atomic mass is 10.3. The molecule has 0 aromatic heterocycles. The third-order valence-corrected chi connectivity index (χ3v) is 5.88. The Labute approximate surface area is 123 Å². The first kappa shape index (κ1) is 19.3. The molecule has 5 nitrogen and oxygen atoms in total. The van der Waals surface area contributed by atoms with Crippen LogP contribution in [0.4, 0.5) is 0 Å². The Bertz CT molecular complexity index is 309. The molecule has 0 amide bonds. The van der Waals surface area contributed by atoms with Crippen LogP contribution in [0.25, 0.3) is 0 Å². The summed E-state index contributed by atoms with van der Waals surface area (Å²) in [5, 5.41) is 0. The number of rotatable bonds is 10. The summed E-state index contributed by atoms with van der Waals surface area (Å²) in [5.41, 5.74) is 0. The van der Waals surface area contributed by atoms with E-state index in [9.17, 15) is 4.79 Å². The van der Waals surface area contributed by atoms with Crippen LogP contribution in [0.1, 0.15) is 41.5 Å². The van der Waals surface area contributed by atoms with Crippen molar-refractivity contribution in [3.63, 3.8) is 0 Å². The molecule has 0 aromatic rings. The Balaban J connectivity index is 5.08. The molecule has 0 radical (unpaired) electrons. The smallest absolute Gasteiger partial charge is 0.431 e. The van der Waals surface area contributed by atoms with Crippen molar-refractivity contribution in [2.24, 2.45) is 5.92 Å². The molecule has 0 aromatic carbocycles. The minimum Gasteiger partial charge on any atom is -0.431 e. The van der Waals surface area contributed by atoms with Gasteiger partial charge in [-0.3, -0.25) is 0 Å². The lowest BCUT2D eigenvalue weighted by Crippen LogP contribution is -2.53. The van der Waals surface area contributed by atoms with Gasteiger partial charge in [0.05, 0.1) is 0 Å². The summed E-state index contributed by atoms with van der Waals surface area (Å²) in [6.45, 7) is 15.7. The molecule has 118 valence electrons. The highest BCUT2D eigenvalue weighted by atomic mass is 28.4. The molecule has 0 saturated carbocycles. The van der Waals surface area contributed by atoms with E-state index in [4.69, 9.17) is 18.0 Å². The Kier molecular flexibility index (Phi) is 8.27. The van der Waals surface area contributed by atoms with Crippen molar-refractivity contribution in [1.29, 1.82) is 0 Å². The fraction of sp³-hybridized carbons (Fsp3) is 0.786. The molecule has 0 N–H and O–H groups in total. The molecule has 20 heavy (non-hydrogen) atoms. The van der Waals surface area contributed by atoms with Gasteiger partial charge in [0.1, 0.15) is 0 Å². The standard InChI is InChI=1S/C14H28O5Si/c1-8-13(15)18-14(6,7)19-20(16-9-2,17-10-3)11-12(4)5/h8,12H,1,9-11H2,2-7H3. The van der Waals surface area contributed by atoms with Crippen LogP contribution in [0, 0.1) is 5.92 Å². The van der Waals surface area contributed by atoms with Crippen LogP contribution in [0.3, 0.4) is 0 Å². The molecule has 0 fully saturated rings. The lowest BCUT2D eigenvalue weighted by molar-refractivity contribution is -0.194. The topological polar surface area (TPSA) is 54.0 Å². The molecule has 0 heterocycles. The van der Waals surface area contributed by atoms with E-state index in [1.165, 1.54) is 0 Å². The Morgan fingerprint density at radius 1 is 1.25 bits per heavy atom. The van der Waals surface area contributed by atoms with Crippen LogP contribution >= 0.6 is 0 Å². The SMILES string of the molecule is C=CC(=O)OC(C)(C)O[Si](CC(C)C)(OCC)OCC. The van der Waals surface area contributed by atoms with Gasteiger partial charge in [0, 0.05) is 39.2 Å². The van der Waals surface area contributed by atoms with E-state index >= 15 is 0 Å². The van der Waals surface area contributed by atoms with E-state index in [1.54, 1.807) is 13.8 Å². The van der Waals surface area contributed by atoms with Crippen molar-refractivity contribution in [1.82, 2.24) is 0 Å². The average molecular weight is 304 g/mol. The monoisotopic (exact) mass is 304 g/mol. The van der Waals surface area contributed by atoms with Gasteiger partial charge in [-0.05, 0) is 19.8 Å². The van der Waals surface area contributed by atoms with E-state index in [2.05, 4.69) is 20.4 Å². The van der Waals surface area contributed by atoms with E-state index in [-0.39, 0.29) is 0 Å². The Hall–Kier alpha value is -0.693. The fourth-order valence-electron chi connectivity index (χ4n) is 1.88. The van der Waals surface area contributed by atoms with Crippen molar-refractivity contribution in [2.75, 3.05) is 13.2 Å². The van der Waals surface area contributed by atoms with E-state index < -0.39 is 20.6 Å². The highest BCUT2D eigenvalue weighted by Crippen LogP contribution is 2.27. The van der Waals surface area contributed by atoms with Crippen molar-refractivity contribution < 1.29 is 22.8 Å². The number of hydrogen-bond acceptors (Lipinski definition) is 5. The summed E-state index contributed by atoms with van der Waals surface area (Å²) < 4.78 is 22.8. The number of ether oxygens (including phenoxy) is 1. The normalized spacial score (nSPS) is 12.6. The van der Waals surface area contributed by atoms with Gasteiger partial charge in [-0.15, -0.1) is 0 Å². The van der Waals surface area contributed by atoms with Gasteiger partial charge in [-0.1, -0.05) is 20.4 Å². The van der Waals surface area contributed by atoms with Crippen molar-refractivity contribution in [2.45, 2.75) is 53.4 Å². The van der Waals surface area contributed by atoms with Crippen LogP contribution in [0.2, 0.25) is 6.04 Å². The summed E-state index contributed by atoms with van der Waals surface area (Å²) in [4.78, 5) is 11.4. The van der Waals surface area contributed by atoms with Gasteiger partial charge in [-0.2, -0.15) is 0 Å². The van der Waals surface area contributed by atoms with Gasteiger partial charge < -0.3 is 18.0 Å². The number of carbonyl (C=O) groups is 1. The number of esters is 1. The van der Waals surface area contributed by atoms with E-state index in [1.807, 2.05) is 13.8 Å². The van der Waals surface area contributed by atoms with Gasteiger partial charge in [-0.25, -0.2) is 4.79 Å². The second-order valence-electron chi connectivity index (χ2n) is 5.27. The van der Waals surface area contributed by atoms with Crippen LogP contribution in [0.5, 0.6) is 0 Å². The van der Waals surface area contributed by atoms with E-state index in [0.29, 0.717) is 25.2 Å². The molecule has 0 aliphatic rings. The van der Waals surface area contributed by atoms with Gasteiger partial charge in [0.15, 0.2) is 0 Å². The summed E-state index contributed by atoms with van der Waals surface area (Å²) in [7, 11) is -2.89. The molecule has 0 atom stereocenters.